The second-order valence-electron chi connectivity index (χ2n) is 3.37. The maximum absolute atomic E-state index is 11.7. The van der Waals surface area contributed by atoms with Crippen LogP contribution in [-0.4, -0.2) is 23.7 Å². The third-order valence-electron chi connectivity index (χ3n) is 2.36. The van der Waals surface area contributed by atoms with E-state index in [9.17, 15) is 4.79 Å². The average molecular weight is 211 g/mol. The fraction of sp³-hybridized carbons (Fsp3) is 0.545. The monoisotopic (exact) mass is 211 g/mol. The Hall–Kier alpha value is -1.29. The first-order valence-corrected chi connectivity index (χ1v) is 5.21. The summed E-state index contributed by atoms with van der Waals surface area (Å²) in [7, 11) is 0. The maximum atomic E-state index is 11.7. The quantitative estimate of drug-likeness (QED) is 0.772. The van der Waals surface area contributed by atoms with E-state index in [1.54, 1.807) is 6.07 Å². The van der Waals surface area contributed by atoms with Crippen LogP contribution in [0.1, 0.15) is 36.4 Å². The lowest BCUT2D eigenvalue weighted by molar-refractivity contribution is 0.0913. The molecule has 0 saturated heterocycles. The van der Waals surface area contributed by atoms with Crippen molar-refractivity contribution >= 4 is 5.91 Å². The third kappa shape index (κ3) is 2.83. The van der Waals surface area contributed by atoms with E-state index in [1.165, 1.54) is 6.26 Å². The number of furan rings is 1. The Morgan fingerprint density at radius 3 is 2.87 bits per heavy atom. The first-order valence-electron chi connectivity index (χ1n) is 5.21. The second-order valence-corrected chi connectivity index (χ2v) is 3.37. The molecule has 0 aliphatic heterocycles. The molecule has 0 fully saturated rings. The zero-order chi connectivity index (χ0) is 11.3. The Labute approximate surface area is 89.3 Å². The molecule has 1 unspecified atom stereocenters. The summed E-state index contributed by atoms with van der Waals surface area (Å²) >= 11 is 0. The van der Waals surface area contributed by atoms with Gasteiger partial charge in [-0.2, -0.15) is 0 Å². The highest BCUT2D eigenvalue weighted by Gasteiger charge is 2.15. The van der Waals surface area contributed by atoms with Crippen LogP contribution in [0.25, 0.3) is 0 Å². The number of aryl methyl sites for hydroxylation is 1. The summed E-state index contributed by atoms with van der Waals surface area (Å²) < 4.78 is 5.16. The van der Waals surface area contributed by atoms with Gasteiger partial charge in [-0.1, -0.05) is 13.8 Å². The molecule has 1 rings (SSSR count). The summed E-state index contributed by atoms with van der Waals surface area (Å²) in [5.74, 6) is 0.502. The number of amides is 1. The minimum atomic E-state index is -0.183. The fourth-order valence-corrected chi connectivity index (χ4v) is 1.36. The molecule has 4 heteroatoms. The van der Waals surface area contributed by atoms with E-state index in [0.717, 1.165) is 0 Å². The van der Waals surface area contributed by atoms with Gasteiger partial charge < -0.3 is 14.8 Å². The zero-order valence-corrected chi connectivity index (χ0v) is 9.12. The van der Waals surface area contributed by atoms with Gasteiger partial charge in [0.1, 0.15) is 5.76 Å². The van der Waals surface area contributed by atoms with Crippen molar-refractivity contribution in [2.75, 3.05) is 6.61 Å². The van der Waals surface area contributed by atoms with E-state index in [4.69, 9.17) is 9.52 Å². The van der Waals surface area contributed by atoms with E-state index in [0.29, 0.717) is 24.2 Å². The van der Waals surface area contributed by atoms with Crippen molar-refractivity contribution in [3.63, 3.8) is 0 Å². The van der Waals surface area contributed by atoms with Crippen LogP contribution in [0.3, 0.4) is 0 Å². The number of hydrogen-bond donors (Lipinski definition) is 2. The number of carbonyl (C=O) groups excluding carboxylic acids is 1. The number of aliphatic hydroxyl groups is 1. The van der Waals surface area contributed by atoms with Crippen LogP contribution in [0.4, 0.5) is 0 Å². The summed E-state index contributed by atoms with van der Waals surface area (Å²) in [6, 6.07) is 1.47. The van der Waals surface area contributed by atoms with Crippen molar-refractivity contribution in [3.8, 4) is 0 Å². The van der Waals surface area contributed by atoms with Gasteiger partial charge in [-0.25, -0.2) is 0 Å². The number of aliphatic hydroxyl groups excluding tert-OH is 1. The molecule has 0 saturated carbocycles. The standard InChI is InChI=1S/C11H17NO3/c1-3-8(7-13)12-11(14)9-5-6-15-10(9)4-2/h5-6,8,13H,3-4,7H2,1-2H3,(H,12,14). The van der Waals surface area contributed by atoms with Gasteiger partial charge in [0.2, 0.25) is 0 Å². The number of nitrogens with one attached hydrogen (secondary N) is 1. The van der Waals surface area contributed by atoms with Gasteiger partial charge in [0.05, 0.1) is 24.5 Å². The molecule has 1 aromatic heterocycles. The summed E-state index contributed by atoms with van der Waals surface area (Å²) in [4.78, 5) is 11.7. The largest absolute Gasteiger partial charge is 0.469 e. The van der Waals surface area contributed by atoms with Crippen molar-refractivity contribution in [3.05, 3.63) is 23.7 Å². The molecule has 84 valence electrons. The predicted octanol–water partition coefficient (Wildman–Crippen LogP) is 1.34. The van der Waals surface area contributed by atoms with Gasteiger partial charge in [-0.15, -0.1) is 0 Å². The van der Waals surface area contributed by atoms with Gasteiger partial charge in [0.25, 0.3) is 5.91 Å². The first kappa shape index (κ1) is 11.8. The SMILES string of the molecule is CCc1occc1C(=O)NC(CC)CO. The third-order valence-corrected chi connectivity index (χ3v) is 2.36. The highest BCUT2D eigenvalue weighted by atomic mass is 16.3. The fourth-order valence-electron chi connectivity index (χ4n) is 1.36. The molecule has 1 atom stereocenters. The Morgan fingerprint density at radius 2 is 2.33 bits per heavy atom. The molecule has 0 aliphatic rings. The highest BCUT2D eigenvalue weighted by molar-refractivity contribution is 5.95. The molecule has 1 heterocycles. The normalized spacial score (nSPS) is 12.5. The van der Waals surface area contributed by atoms with Crippen LogP contribution in [0.15, 0.2) is 16.7 Å². The average Bonchev–Trinajstić information content (AvgIpc) is 2.73. The van der Waals surface area contributed by atoms with Crippen LogP contribution in [0.2, 0.25) is 0 Å². The molecular weight excluding hydrogens is 194 g/mol. The van der Waals surface area contributed by atoms with Crippen LogP contribution in [-0.2, 0) is 6.42 Å². The van der Waals surface area contributed by atoms with Crippen molar-refractivity contribution < 1.29 is 14.3 Å². The van der Waals surface area contributed by atoms with Gasteiger partial charge in [-0.3, -0.25) is 4.79 Å². The molecule has 0 spiro atoms. The van der Waals surface area contributed by atoms with Crippen LogP contribution in [0.5, 0.6) is 0 Å². The van der Waals surface area contributed by atoms with Crippen LogP contribution in [0, 0.1) is 0 Å². The number of carbonyl (C=O) groups is 1. The van der Waals surface area contributed by atoms with Gasteiger partial charge >= 0.3 is 0 Å². The Balaban J connectivity index is 2.68. The van der Waals surface area contributed by atoms with E-state index in [-0.39, 0.29) is 18.6 Å². The van der Waals surface area contributed by atoms with Gasteiger partial charge in [0.15, 0.2) is 0 Å². The molecule has 0 aromatic carbocycles. The van der Waals surface area contributed by atoms with Crippen molar-refractivity contribution in [1.29, 1.82) is 0 Å². The Bertz CT molecular complexity index is 315. The lowest BCUT2D eigenvalue weighted by Gasteiger charge is -2.13. The topological polar surface area (TPSA) is 62.5 Å². The molecular formula is C11H17NO3. The van der Waals surface area contributed by atoms with E-state index in [2.05, 4.69) is 5.32 Å². The van der Waals surface area contributed by atoms with E-state index >= 15 is 0 Å². The Morgan fingerprint density at radius 1 is 1.60 bits per heavy atom. The van der Waals surface area contributed by atoms with Crippen LogP contribution >= 0.6 is 0 Å². The van der Waals surface area contributed by atoms with E-state index in [1.807, 2.05) is 13.8 Å². The van der Waals surface area contributed by atoms with Crippen molar-refractivity contribution in [1.82, 2.24) is 5.32 Å². The summed E-state index contributed by atoms with van der Waals surface area (Å²) in [5, 5.41) is 11.7. The zero-order valence-electron chi connectivity index (χ0n) is 9.12. The number of hydrogen-bond acceptors (Lipinski definition) is 3. The second kappa shape index (κ2) is 5.56. The predicted molar refractivity (Wildman–Crippen MR) is 56.7 cm³/mol. The van der Waals surface area contributed by atoms with Gasteiger partial charge in [0, 0.05) is 6.42 Å². The molecule has 2 N–H and O–H groups in total. The minimum Gasteiger partial charge on any atom is -0.469 e. The highest BCUT2D eigenvalue weighted by Crippen LogP contribution is 2.11. The molecule has 0 bridgehead atoms. The van der Waals surface area contributed by atoms with Gasteiger partial charge in [-0.05, 0) is 12.5 Å². The Kier molecular flexibility index (Phi) is 4.37. The maximum Gasteiger partial charge on any atom is 0.255 e. The molecule has 1 amide bonds. The molecule has 15 heavy (non-hydrogen) atoms. The summed E-state index contributed by atoms with van der Waals surface area (Å²) in [6.45, 7) is 3.80. The molecule has 0 radical (unpaired) electrons. The van der Waals surface area contributed by atoms with Crippen LogP contribution < -0.4 is 5.32 Å². The summed E-state index contributed by atoms with van der Waals surface area (Å²) in [5.41, 5.74) is 0.560. The molecule has 0 aliphatic carbocycles. The van der Waals surface area contributed by atoms with Crippen molar-refractivity contribution in [2.24, 2.45) is 0 Å². The minimum absolute atomic E-state index is 0.0401. The smallest absolute Gasteiger partial charge is 0.255 e. The van der Waals surface area contributed by atoms with Crippen molar-refractivity contribution in [2.45, 2.75) is 32.7 Å². The molecule has 1 aromatic rings. The summed E-state index contributed by atoms with van der Waals surface area (Å²) in [6.07, 6.45) is 2.90. The lowest BCUT2D eigenvalue weighted by atomic mass is 10.1. The lowest BCUT2D eigenvalue weighted by Crippen LogP contribution is -2.37. The van der Waals surface area contributed by atoms with E-state index < -0.39 is 0 Å². The first-order chi connectivity index (χ1) is 7.22. The molecule has 4 nitrogen and oxygen atoms in total. The number of rotatable bonds is 5.